The van der Waals surface area contributed by atoms with Crippen LogP contribution in [0.5, 0.6) is 0 Å². The lowest BCUT2D eigenvalue weighted by atomic mass is 10.0. The molecule has 4 rings (SSSR count). The van der Waals surface area contributed by atoms with Crippen molar-refractivity contribution in [2.75, 3.05) is 16.3 Å². The lowest BCUT2D eigenvalue weighted by molar-refractivity contribution is 0.600. The van der Waals surface area contributed by atoms with Crippen LogP contribution in [-0.4, -0.2) is 16.2 Å². The highest BCUT2D eigenvalue weighted by molar-refractivity contribution is 7.99. The monoisotopic (exact) mass is 463 g/mol. The molecule has 32 heavy (non-hydrogen) atoms. The van der Waals surface area contributed by atoms with Crippen LogP contribution in [0.4, 0.5) is 15.8 Å². The Bertz CT molecular complexity index is 1340. The zero-order valence-corrected chi connectivity index (χ0v) is 18.9. The van der Waals surface area contributed by atoms with Crippen molar-refractivity contribution in [2.24, 2.45) is 0 Å². The molecule has 2 N–H and O–H groups in total. The predicted octanol–water partition coefficient (Wildman–Crippen LogP) is 6.82. The number of benzene rings is 2. The van der Waals surface area contributed by atoms with Gasteiger partial charge >= 0.3 is 0 Å². The van der Waals surface area contributed by atoms with Crippen molar-refractivity contribution in [3.8, 4) is 17.2 Å². The van der Waals surface area contributed by atoms with E-state index < -0.39 is 0 Å². The molecule has 2 heterocycles. The Morgan fingerprint density at radius 1 is 1.09 bits per heavy atom. The minimum atomic E-state index is -0.355. The highest BCUT2D eigenvalue weighted by Crippen LogP contribution is 2.34. The smallest absolute Gasteiger partial charge is 0.152 e. The summed E-state index contributed by atoms with van der Waals surface area (Å²) in [7, 11) is 0. The number of hydrogen-bond acceptors (Lipinski definition) is 6. The zero-order chi connectivity index (χ0) is 22.7. The van der Waals surface area contributed by atoms with Crippen LogP contribution in [-0.2, 0) is 0 Å². The normalized spacial score (nSPS) is 11.7. The molecule has 0 spiro atoms. The third-order valence-corrected chi connectivity index (χ3v) is 5.83. The van der Waals surface area contributed by atoms with E-state index in [4.69, 9.17) is 11.6 Å². The molecule has 0 aliphatic rings. The summed E-state index contributed by atoms with van der Waals surface area (Å²) in [6.45, 7) is 1.86. The molecule has 5 nitrogen and oxygen atoms in total. The van der Waals surface area contributed by atoms with E-state index in [1.54, 1.807) is 24.4 Å². The molecule has 0 bridgehead atoms. The number of rotatable bonds is 6. The highest BCUT2D eigenvalue weighted by atomic mass is 35.5. The van der Waals surface area contributed by atoms with Gasteiger partial charge in [0.05, 0.1) is 28.5 Å². The Morgan fingerprint density at radius 3 is 2.66 bits per heavy atom. The highest BCUT2D eigenvalue weighted by Gasteiger charge is 2.16. The second-order valence-corrected chi connectivity index (χ2v) is 8.12. The van der Waals surface area contributed by atoms with E-state index in [2.05, 4.69) is 26.1 Å². The summed E-state index contributed by atoms with van der Waals surface area (Å²) < 4.78 is 17.4. The van der Waals surface area contributed by atoms with Crippen LogP contribution in [0.1, 0.15) is 24.1 Å². The number of aromatic nitrogens is 2. The van der Waals surface area contributed by atoms with Crippen molar-refractivity contribution in [1.29, 1.82) is 5.26 Å². The van der Waals surface area contributed by atoms with Gasteiger partial charge in [-0.2, -0.15) is 5.26 Å². The summed E-state index contributed by atoms with van der Waals surface area (Å²) in [6, 6.07) is 16.1. The maximum atomic E-state index is 14.3. The van der Waals surface area contributed by atoms with Gasteiger partial charge in [0.2, 0.25) is 0 Å². The summed E-state index contributed by atoms with van der Waals surface area (Å²) in [5, 5.41) is 14.2. The average Bonchev–Trinajstić information content (AvgIpc) is 2.81. The SMILES string of the molecule is CSNc1cc(-c2ccc3ncc(C#N)c(NC(C)c4ccccc4F)c3c2)cnc1Cl. The van der Waals surface area contributed by atoms with E-state index in [0.717, 1.165) is 22.0 Å². The minimum Gasteiger partial charge on any atom is -0.377 e. The van der Waals surface area contributed by atoms with Crippen molar-refractivity contribution in [3.05, 3.63) is 83.0 Å². The summed E-state index contributed by atoms with van der Waals surface area (Å²) in [5.41, 5.74) is 4.71. The predicted molar refractivity (Wildman–Crippen MR) is 130 cm³/mol. The first-order valence-corrected chi connectivity index (χ1v) is 11.4. The van der Waals surface area contributed by atoms with E-state index in [-0.39, 0.29) is 11.9 Å². The summed E-state index contributed by atoms with van der Waals surface area (Å²) in [5.74, 6) is -0.300. The third kappa shape index (κ3) is 4.33. The van der Waals surface area contributed by atoms with Crippen molar-refractivity contribution in [2.45, 2.75) is 13.0 Å². The van der Waals surface area contributed by atoms with E-state index in [9.17, 15) is 9.65 Å². The minimum absolute atomic E-state index is 0.300. The lowest BCUT2D eigenvalue weighted by Crippen LogP contribution is -2.10. The fourth-order valence-electron chi connectivity index (χ4n) is 3.52. The van der Waals surface area contributed by atoms with Gasteiger partial charge < -0.3 is 10.0 Å². The number of nitrogens with zero attached hydrogens (tertiary/aromatic N) is 3. The van der Waals surface area contributed by atoms with Crippen LogP contribution in [0.15, 0.2) is 60.9 Å². The maximum Gasteiger partial charge on any atom is 0.152 e. The molecular formula is C24H19ClFN5S. The molecule has 8 heteroatoms. The Labute approximate surface area is 194 Å². The van der Waals surface area contributed by atoms with Gasteiger partial charge in [-0.1, -0.05) is 47.8 Å². The van der Waals surface area contributed by atoms with Gasteiger partial charge in [-0.05, 0) is 36.8 Å². The molecular weight excluding hydrogens is 445 g/mol. The van der Waals surface area contributed by atoms with Crippen molar-refractivity contribution in [3.63, 3.8) is 0 Å². The van der Waals surface area contributed by atoms with Crippen LogP contribution in [0.3, 0.4) is 0 Å². The first-order valence-electron chi connectivity index (χ1n) is 9.80. The number of anilines is 2. The molecule has 0 fully saturated rings. The first kappa shape index (κ1) is 21.9. The van der Waals surface area contributed by atoms with Crippen molar-refractivity contribution < 1.29 is 4.39 Å². The zero-order valence-electron chi connectivity index (χ0n) is 17.4. The van der Waals surface area contributed by atoms with Gasteiger partial charge in [0, 0.05) is 35.2 Å². The number of nitriles is 1. The van der Waals surface area contributed by atoms with Gasteiger partial charge in [0.25, 0.3) is 0 Å². The Hall–Kier alpha value is -3.34. The van der Waals surface area contributed by atoms with Crippen LogP contribution in [0.25, 0.3) is 22.0 Å². The van der Waals surface area contributed by atoms with E-state index >= 15 is 0 Å². The number of pyridine rings is 2. The molecule has 160 valence electrons. The van der Waals surface area contributed by atoms with E-state index in [1.165, 1.54) is 24.2 Å². The molecule has 0 aliphatic carbocycles. The number of hydrogen-bond donors (Lipinski definition) is 2. The largest absolute Gasteiger partial charge is 0.377 e. The standard InChI is InChI=1S/C24H19ClFN5S/c1-14(18-5-3-4-6-20(18)26)30-23-17(11-27)13-28-21-8-7-15(9-19(21)23)16-10-22(31-32-2)24(25)29-12-16/h3-10,12-14,31H,1-2H3,(H,28,30). The van der Waals surface area contributed by atoms with Crippen molar-refractivity contribution >= 4 is 45.8 Å². The van der Waals surface area contributed by atoms with E-state index in [1.807, 2.05) is 37.4 Å². The second kappa shape index (κ2) is 9.43. The van der Waals surface area contributed by atoms with Gasteiger partial charge in [-0.25, -0.2) is 9.37 Å². The van der Waals surface area contributed by atoms with Gasteiger partial charge in [0.15, 0.2) is 5.15 Å². The quantitative estimate of drug-likeness (QED) is 0.241. The molecule has 1 atom stereocenters. The molecule has 0 amide bonds. The molecule has 4 aromatic rings. The molecule has 1 unspecified atom stereocenters. The Kier molecular flexibility index (Phi) is 6.45. The second-order valence-electron chi connectivity index (χ2n) is 7.15. The molecule has 0 saturated carbocycles. The van der Waals surface area contributed by atoms with Crippen LogP contribution >= 0.6 is 23.5 Å². The Morgan fingerprint density at radius 2 is 1.91 bits per heavy atom. The molecule has 0 aliphatic heterocycles. The average molecular weight is 464 g/mol. The van der Waals surface area contributed by atoms with Gasteiger partial charge in [-0.15, -0.1) is 0 Å². The number of fused-ring (bicyclic) bond motifs is 1. The lowest BCUT2D eigenvalue weighted by Gasteiger charge is -2.19. The van der Waals surface area contributed by atoms with Gasteiger partial charge in [-0.3, -0.25) is 4.98 Å². The molecule has 2 aromatic carbocycles. The topological polar surface area (TPSA) is 73.6 Å². The van der Waals surface area contributed by atoms with E-state index in [0.29, 0.717) is 27.7 Å². The summed E-state index contributed by atoms with van der Waals surface area (Å²) in [4.78, 5) is 8.69. The molecule has 0 radical (unpaired) electrons. The molecule has 0 saturated heterocycles. The number of halogens is 2. The summed E-state index contributed by atoms with van der Waals surface area (Å²) >= 11 is 7.60. The summed E-state index contributed by atoms with van der Waals surface area (Å²) in [6.07, 6.45) is 5.14. The first-order chi connectivity index (χ1) is 15.5. The maximum absolute atomic E-state index is 14.3. The Balaban J connectivity index is 1.81. The van der Waals surface area contributed by atoms with Crippen LogP contribution < -0.4 is 10.0 Å². The fourth-order valence-corrected chi connectivity index (χ4v) is 4.10. The van der Waals surface area contributed by atoms with Gasteiger partial charge in [0.1, 0.15) is 11.9 Å². The fraction of sp³-hybridized carbons (Fsp3) is 0.125. The third-order valence-electron chi connectivity index (χ3n) is 5.11. The van der Waals surface area contributed by atoms with Crippen LogP contribution in [0, 0.1) is 17.1 Å². The van der Waals surface area contributed by atoms with Crippen molar-refractivity contribution in [1.82, 2.24) is 9.97 Å². The molecule has 2 aromatic heterocycles. The van der Waals surface area contributed by atoms with Crippen LogP contribution in [0.2, 0.25) is 5.15 Å². The number of nitrogens with one attached hydrogen (secondary N) is 2.